The van der Waals surface area contributed by atoms with Crippen molar-refractivity contribution in [3.05, 3.63) is 48.5 Å². The standard InChI is InChI=1S/C17H19N3O/c1-2-3-8-13-21-17-12-7-6-11-16(17)20-18-14-9-4-5-10-15(14)19-20/h4-7,9-12H,2-3,8,13H2,1H3. The molecule has 0 spiro atoms. The van der Waals surface area contributed by atoms with Gasteiger partial charge in [-0.2, -0.15) is 0 Å². The summed E-state index contributed by atoms with van der Waals surface area (Å²) in [6.07, 6.45) is 3.45. The number of rotatable bonds is 6. The van der Waals surface area contributed by atoms with Crippen molar-refractivity contribution < 1.29 is 4.74 Å². The summed E-state index contributed by atoms with van der Waals surface area (Å²) in [5.74, 6) is 0.828. The van der Waals surface area contributed by atoms with Crippen LogP contribution in [0.15, 0.2) is 48.5 Å². The molecule has 2 aromatic carbocycles. The van der Waals surface area contributed by atoms with Crippen LogP contribution in [0.5, 0.6) is 5.75 Å². The fourth-order valence-electron chi connectivity index (χ4n) is 2.25. The van der Waals surface area contributed by atoms with E-state index in [1.165, 1.54) is 12.8 Å². The molecule has 3 aromatic rings. The van der Waals surface area contributed by atoms with Crippen LogP contribution in [0.4, 0.5) is 0 Å². The average Bonchev–Trinajstić information content (AvgIpc) is 2.96. The van der Waals surface area contributed by atoms with Crippen molar-refractivity contribution in [3.63, 3.8) is 0 Å². The van der Waals surface area contributed by atoms with Gasteiger partial charge in [0.05, 0.1) is 6.61 Å². The van der Waals surface area contributed by atoms with Gasteiger partial charge in [0.25, 0.3) is 0 Å². The third-order valence-electron chi connectivity index (χ3n) is 3.37. The fraction of sp³-hybridized carbons (Fsp3) is 0.294. The molecule has 0 fully saturated rings. The first-order chi connectivity index (χ1) is 10.4. The second-order valence-corrected chi connectivity index (χ2v) is 5.00. The molecule has 0 amide bonds. The van der Waals surface area contributed by atoms with E-state index < -0.39 is 0 Å². The van der Waals surface area contributed by atoms with Crippen LogP contribution in [0.3, 0.4) is 0 Å². The number of benzene rings is 2. The van der Waals surface area contributed by atoms with Crippen LogP contribution in [0.1, 0.15) is 26.2 Å². The highest BCUT2D eigenvalue weighted by Crippen LogP contribution is 2.22. The van der Waals surface area contributed by atoms with Crippen LogP contribution in [0, 0.1) is 0 Å². The fourth-order valence-corrected chi connectivity index (χ4v) is 2.25. The Bertz CT molecular complexity index is 688. The topological polar surface area (TPSA) is 39.9 Å². The Morgan fingerprint density at radius 1 is 0.905 bits per heavy atom. The zero-order valence-corrected chi connectivity index (χ0v) is 12.2. The maximum absolute atomic E-state index is 5.89. The van der Waals surface area contributed by atoms with Gasteiger partial charge in [0, 0.05) is 0 Å². The van der Waals surface area contributed by atoms with Gasteiger partial charge in [-0.15, -0.1) is 15.0 Å². The molecular weight excluding hydrogens is 262 g/mol. The minimum atomic E-state index is 0.728. The Morgan fingerprint density at radius 2 is 1.57 bits per heavy atom. The number of unbranched alkanes of at least 4 members (excludes halogenated alkanes) is 2. The van der Waals surface area contributed by atoms with E-state index in [-0.39, 0.29) is 0 Å². The predicted octanol–water partition coefficient (Wildman–Crippen LogP) is 3.99. The van der Waals surface area contributed by atoms with Gasteiger partial charge in [-0.3, -0.25) is 0 Å². The molecule has 4 nitrogen and oxygen atoms in total. The molecule has 0 saturated carbocycles. The number of fused-ring (bicyclic) bond motifs is 1. The molecule has 0 aliphatic carbocycles. The van der Waals surface area contributed by atoms with Crippen LogP contribution in [-0.4, -0.2) is 21.6 Å². The predicted molar refractivity (Wildman–Crippen MR) is 83.9 cm³/mol. The summed E-state index contributed by atoms with van der Waals surface area (Å²) in [6, 6.07) is 15.8. The highest BCUT2D eigenvalue weighted by atomic mass is 16.5. The molecule has 0 bridgehead atoms. The van der Waals surface area contributed by atoms with Gasteiger partial charge in [-0.25, -0.2) is 0 Å². The summed E-state index contributed by atoms with van der Waals surface area (Å²) in [7, 11) is 0. The SMILES string of the molecule is CCCCCOc1ccccc1-n1nc2ccccc2n1. The number of aromatic nitrogens is 3. The van der Waals surface area contributed by atoms with Gasteiger partial charge in [0.1, 0.15) is 22.5 Å². The summed E-state index contributed by atoms with van der Waals surface area (Å²) in [6.45, 7) is 2.92. The van der Waals surface area contributed by atoms with E-state index in [2.05, 4.69) is 17.1 Å². The number of para-hydroxylation sites is 2. The molecule has 0 unspecified atom stereocenters. The molecular formula is C17H19N3O. The average molecular weight is 281 g/mol. The lowest BCUT2D eigenvalue weighted by Gasteiger charge is -2.10. The van der Waals surface area contributed by atoms with Crippen LogP contribution in [-0.2, 0) is 0 Å². The minimum Gasteiger partial charge on any atom is -0.491 e. The summed E-state index contributed by atoms with van der Waals surface area (Å²) in [5, 5.41) is 9.03. The maximum atomic E-state index is 5.89. The molecule has 21 heavy (non-hydrogen) atoms. The molecule has 0 saturated heterocycles. The summed E-state index contributed by atoms with van der Waals surface area (Å²) in [5.41, 5.74) is 2.65. The molecule has 1 heterocycles. The Morgan fingerprint density at radius 3 is 2.29 bits per heavy atom. The molecule has 1 aromatic heterocycles. The van der Waals surface area contributed by atoms with Crippen molar-refractivity contribution in [1.29, 1.82) is 0 Å². The third kappa shape index (κ3) is 3.05. The molecule has 3 rings (SSSR count). The summed E-state index contributed by atoms with van der Waals surface area (Å²) in [4.78, 5) is 1.65. The van der Waals surface area contributed by atoms with Crippen LogP contribution >= 0.6 is 0 Å². The molecule has 0 N–H and O–H groups in total. The van der Waals surface area contributed by atoms with E-state index in [4.69, 9.17) is 4.74 Å². The minimum absolute atomic E-state index is 0.728. The Kier molecular flexibility index (Phi) is 4.15. The number of nitrogens with zero attached hydrogens (tertiary/aromatic N) is 3. The van der Waals surface area contributed by atoms with Crippen molar-refractivity contribution in [2.75, 3.05) is 6.61 Å². The van der Waals surface area contributed by atoms with Crippen LogP contribution in [0.25, 0.3) is 16.7 Å². The second-order valence-electron chi connectivity index (χ2n) is 5.00. The quantitative estimate of drug-likeness (QED) is 0.641. The Balaban J connectivity index is 1.87. The van der Waals surface area contributed by atoms with Crippen molar-refractivity contribution >= 4 is 11.0 Å². The summed E-state index contributed by atoms with van der Waals surface area (Å²) < 4.78 is 5.89. The van der Waals surface area contributed by atoms with Gasteiger partial charge < -0.3 is 4.74 Å². The van der Waals surface area contributed by atoms with E-state index in [9.17, 15) is 0 Å². The van der Waals surface area contributed by atoms with Crippen LogP contribution in [0.2, 0.25) is 0 Å². The lowest BCUT2D eigenvalue weighted by molar-refractivity contribution is 0.304. The smallest absolute Gasteiger partial charge is 0.146 e. The molecule has 108 valence electrons. The van der Waals surface area contributed by atoms with Gasteiger partial charge in [-0.05, 0) is 30.7 Å². The van der Waals surface area contributed by atoms with E-state index in [1.807, 2.05) is 48.5 Å². The zero-order chi connectivity index (χ0) is 14.5. The van der Waals surface area contributed by atoms with Gasteiger partial charge >= 0.3 is 0 Å². The van der Waals surface area contributed by atoms with Crippen LogP contribution < -0.4 is 4.74 Å². The molecule has 4 heteroatoms. The largest absolute Gasteiger partial charge is 0.491 e. The first-order valence-electron chi connectivity index (χ1n) is 7.43. The molecule has 0 atom stereocenters. The highest BCUT2D eigenvalue weighted by molar-refractivity contribution is 5.73. The number of hydrogen-bond donors (Lipinski definition) is 0. The maximum Gasteiger partial charge on any atom is 0.146 e. The highest BCUT2D eigenvalue weighted by Gasteiger charge is 2.09. The molecule has 0 aliphatic heterocycles. The third-order valence-corrected chi connectivity index (χ3v) is 3.37. The van der Waals surface area contributed by atoms with Crippen molar-refractivity contribution in [3.8, 4) is 11.4 Å². The molecule has 0 radical (unpaired) electrons. The van der Waals surface area contributed by atoms with Gasteiger partial charge in [0.15, 0.2) is 0 Å². The summed E-state index contributed by atoms with van der Waals surface area (Å²) >= 11 is 0. The number of ether oxygens (including phenoxy) is 1. The van der Waals surface area contributed by atoms with E-state index >= 15 is 0 Å². The second kappa shape index (κ2) is 6.39. The first kappa shape index (κ1) is 13.6. The lowest BCUT2D eigenvalue weighted by atomic mass is 10.2. The molecule has 0 aliphatic rings. The monoisotopic (exact) mass is 281 g/mol. The Labute approximate surface area is 124 Å². The van der Waals surface area contributed by atoms with Crippen molar-refractivity contribution in [2.45, 2.75) is 26.2 Å². The van der Waals surface area contributed by atoms with Crippen molar-refractivity contribution in [1.82, 2.24) is 15.0 Å². The first-order valence-corrected chi connectivity index (χ1v) is 7.43. The van der Waals surface area contributed by atoms with E-state index in [0.29, 0.717) is 0 Å². The number of hydrogen-bond acceptors (Lipinski definition) is 3. The van der Waals surface area contributed by atoms with Gasteiger partial charge in [-0.1, -0.05) is 44.0 Å². The van der Waals surface area contributed by atoms with Gasteiger partial charge in [0.2, 0.25) is 0 Å². The normalized spacial score (nSPS) is 10.9. The van der Waals surface area contributed by atoms with E-state index in [1.54, 1.807) is 4.80 Å². The Hall–Kier alpha value is -2.36. The zero-order valence-electron chi connectivity index (χ0n) is 12.2. The lowest BCUT2D eigenvalue weighted by Crippen LogP contribution is -2.04. The van der Waals surface area contributed by atoms with Crippen molar-refractivity contribution in [2.24, 2.45) is 0 Å². The van der Waals surface area contributed by atoms with E-state index in [0.717, 1.165) is 35.5 Å².